The minimum atomic E-state index is -0.687. The van der Waals surface area contributed by atoms with E-state index in [2.05, 4.69) is 13.0 Å². The Balaban J connectivity index is 1.32. The minimum absolute atomic E-state index is 0.190. The van der Waals surface area contributed by atoms with Gasteiger partial charge in [0.1, 0.15) is 11.6 Å². The minimum Gasteiger partial charge on any atom is -0.494 e. The Morgan fingerprint density at radius 3 is 2.32 bits per heavy atom. The molecule has 2 aliphatic carbocycles. The van der Waals surface area contributed by atoms with Crippen LogP contribution in [0, 0.1) is 29.3 Å². The molecule has 0 bridgehead atoms. The molecule has 1 saturated carbocycles. The van der Waals surface area contributed by atoms with Gasteiger partial charge >= 0.3 is 0 Å². The van der Waals surface area contributed by atoms with Crippen LogP contribution in [0.5, 0.6) is 5.75 Å². The average Bonchev–Trinajstić information content (AvgIpc) is 2.86. The average molecular weight is 471 g/mol. The van der Waals surface area contributed by atoms with Crippen LogP contribution in [-0.2, 0) is 6.42 Å². The largest absolute Gasteiger partial charge is 0.494 e. The molecule has 1 unspecified atom stereocenters. The normalized spacial score (nSPS) is 23.0. The van der Waals surface area contributed by atoms with Crippen molar-refractivity contribution in [3.63, 3.8) is 0 Å². The Hall–Kier alpha value is -2.23. The third-order valence-corrected chi connectivity index (χ3v) is 8.00. The molecule has 0 amide bonds. The van der Waals surface area contributed by atoms with E-state index >= 15 is 0 Å². The van der Waals surface area contributed by atoms with Gasteiger partial charge < -0.3 is 4.74 Å². The fourth-order valence-corrected chi connectivity index (χ4v) is 5.75. The maximum atomic E-state index is 14.9. The summed E-state index contributed by atoms with van der Waals surface area (Å²) >= 11 is 0. The van der Waals surface area contributed by atoms with Gasteiger partial charge in [0, 0.05) is 11.6 Å². The highest BCUT2D eigenvalue weighted by Gasteiger charge is 2.25. The summed E-state index contributed by atoms with van der Waals surface area (Å²) in [5.41, 5.74) is 2.64. The third kappa shape index (κ3) is 5.70. The van der Waals surface area contributed by atoms with E-state index in [0.717, 1.165) is 68.9 Å². The number of rotatable bonds is 8. The van der Waals surface area contributed by atoms with E-state index in [4.69, 9.17) is 4.74 Å². The van der Waals surface area contributed by atoms with Crippen molar-refractivity contribution >= 4 is 5.57 Å². The van der Waals surface area contributed by atoms with Crippen LogP contribution in [0.2, 0.25) is 0 Å². The summed E-state index contributed by atoms with van der Waals surface area (Å²) in [4.78, 5) is 0. The van der Waals surface area contributed by atoms with Crippen molar-refractivity contribution in [3.05, 3.63) is 70.5 Å². The first-order valence-corrected chi connectivity index (χ1v) is 13.1. The Morgan fingerprint density at radius 2 is 1.68 bits per heavy atom. The van der Waals surface area contributed by atoms with Crippen LogP contribution >= 0.6 is 0 Å². The second-order valence-electron chi connectivity index (χ2n) is 10.1. The Bertz CT molecular complexity index is 1000. The molecule has 2 aromatic rings. The van der Waals surface area contributed by atoms with Gasteiger partial charge in [0.25, 0.3) is 0 Å². The van der Waals surface area contributed by atoms with Crippen LogP contribution in [0.15, 0.2) is 36.4 Å². The number of hydrogen-bond donors (Lipinski definition) is 0. The van der Waals surface area contributed by atoms with Gasteiger partial charge in [-0.1, -0.05) is 37.6 Å². The molecule has 0 N–H and O–H groups in total. The number of halogens is 3. The molecule has 4 rings (SSSR count). The highest BCUT2D eigenvalue weighted by atomic mass is 19.2. The highest BCUT2D eigenvalue weighted by Crippen LogP contribution is 2.39. The lowest BCUT2D eigenvalue weighted by Crippen LogP contribution is -2.15. The summed E-state index contributed by atoms with van der Waals surface area (Å²) in [6.45, 7) is 4.59. The Morgan fingerprint density at radius 1 is 0.882 bits per heavy atom. The van der Waals surface area contributed by atoms with E-state index in [1.165, 1.54) is 6.07 Å². The number of benzene rings is 2. The number of ether oxygens (including phenoxy) is 1. The van der Waals surface area contributed by atoms with Gasteiger partial charge in [-0.15, -0.1) is 0 Å². The summed E-state index contributed by atoms with van der Waals surface area (Å²) in [5, 5.41) is 0. The molecule has 184 valence electrons. The predicted octanol–water partition coefficient (Wildman–Crippen LogP) is 9.00. The molecule has 2 aromatic carbocycles. The Kier molecular flexibility index (Phi) is 8.39. The van der Waals surface area contributed by atoms with Crippen LogP contribution in [-0.4, -0.2) is 6.61 Å². The third-order valence-electron chi connectivity index (χ3n) is 8.00. The van der Waals surface area contributed by atoms with Gasteiger partial charge in [-0.2, -0.15) is 0 Å². The molecule has 34 heavy (non-hydrogen) atoms. The van der Waals surface area contributed by atoms with Crippen molar-refractivity contribution in [1.82, 2.24) is 0 Å². The van der Waals surface area contributed by atoms with Crippen molar-refractivity contribution in [2.24, 2.45) is 11.8 Å². The number of hydrogen-bond acceptors (Lipinski definition) is 1. The van der Waals surface area contributed by atoms with Crippen molar-refractivity contribution in [1.29, 1.82) is 0 Å². The number of allylic oxidation sites excluding steroid dienone is 2. The van der Waals surface area contributed by atoms with Gasteiger partial charge in [-0.05, 0) is 105 Å². The van der Waals surface area contributed by atoms with Gasteiger partial charge in [-0.25, -0.2) is 13.2 Å². The van der Waals surface area contributed by atoms with Crippen LogP contribution in [0.1, 0.15) is 94.2 Å². The molecule has 2 aliphatic rings. The molecule has 0 spiro atoms. The maximum absolute atomic E-state index is 14.9. The van der Waals surface area contributed by atoms with Gasteiger partial charge in [0.2, 0.25) is 0 Å². The van der Waals surface area contributed by atoms with Gasteiger partial charge in [-0.3, -0.25) is 0 Å². The summed E-state index contributed by atoms with van der Waals surface area (Å²) in [6.07, 6.45) is 11.3. The SMILES string of the molecule is CCOc1ccc(C2CCC(CCc3ccc(C4=CCC(CC)CC4)c(F)c3F)CC2)c(F)c1. The van der Waals surface area contributed by atoms with Crippen molar-refractivity contribution < 1.29 is 17.9 Å². The molecule has 1 nitrogen and oxygen atoms in total. The van der Waals surface area contributed by atoms with Crippen LogP contribution < -0.4 is 4.74 Å². The highest BCUT2D eigenvalue weighted by molar-refractivity contribution is 5.67. The lowest BCUT2D eigenvalue weighted by atomic mass is 9.76. The zero-order chi connectivity index (χ0) is 24.1. The van der Waals surface area contributed by atoms with Crippen LogP contribution in [0.25, 0.3) is 5.57 Å². The molecular formula is C30H37F3O. The second-order valence-corrected chi connectivity index (χ2v) is 10.1. The molecule has 0 heterocycles. The Labute approximate surface area is 202 Å². The molecule has 0 saturated heterocycles. The van der Waals surface area contributed by atoms with Crippen LogP contribution in [0.4, 0.5) is 13.2 Å². The zero-order valence-corrected chi connectivity index (χ0v) is 20.5. The van der Waals surface area contributed by atoms with E-state index < -0.39 is 11.6 Å². The first-order chi connectivity index (χ1) is 16.5. The first kappa shape index (κ1) is 24.9. The van der Waals surface area contributed by atoms with Crippen LogP contribution in [0.3, 0.4) is 0 Å². The quantitative estimate of drug-likeness (QED) is 0.374. The zero-order valence-electron chi connectivity index (χ0n) is 20.5. The molecule has 1 atom stereocenters. The van der Waals surface area contributed by atoms with Crippen molar-refractivity contribution in [3.8, 4) is 5.75 Å². The van der Waals surface area contributed by atoms with Crippen molar-refractivity contribution in [2.45, 2.75) is 84.0 Å². The summed E-state index contributed by atoms with van der Waals surface area (Å²) in [7, 11) is 0. The summed E-state index contributed by atoms with van der Waals surface area (Å²) in [5.74, 6) is 0.368. The topological polar surface area (TPSA) is 9.23 Å². The smallest absolute Gasteiger partial charge is 0.166 e. The predicted molar refractivity (Wildman–Crippen MR) is 133 cm³/mol. The van der Waals surface area contributed by atoms with Gasteiger partial charge in [0.15, 0.2) is 11.6 Å². The first-order valence-electron chi connectivity index (χ1n) is 13.1. The standard InChI is InChI=1S/C30H37F3O/c1-3-20-5-10-23(11-6-20)27-17-15-24(29(32)30(27)33)14-9-21-7-12-22(13-8-21)26-18-16-25(34-4-2)19-28(26)31/h10,15-22H,3-9,11-14H2,1-2H3. The molecule has 0 aromatic heterocycles. The fraction of sp³-hybridized carbons (Fsp3) is 0.533. The molecule has 0 radical (unpaired) electrons. The monoisotopic (exact) mass is 470 g/mol. The van der Waals surface area contributed by atoms with Crippen molar-refractivity contribution in [2.75, 3.05) is 6.61 Å². The summed E-state index contributed by atoms with van der Waals surface area (Å²) < 4.78 is 49.7. The molecular weight excluding hydrogens is 433 g/mol. The maximum Gasteiger partial charge on any atom is 0.166 e. The summed E-state index contributed by atoms with van der Waals surface area (Å²) in [6, 6.07) is 8.74. The van der Waals surface area contributed by atoms with Gasteiger partial charge in [0.05, 0.1) is 6.61 Å². The molecule has 1 fully saturated rings. The second kappa shape index (κ2) is 11.5. The number of aryl methyl sites for hydroxylation is 1. The lowest BCUT2D eigenvalue weighted by molar-refractivity contribution is 0.304. The lowest BCUT2D eigenvalue weighted by Gasteiger charge is -2.29. The van der Waals surface area contributed by atoms with E-state index in [9.17, 15) is 13.2 Å². The molecule has 0 aliphatic heterocycles. The van der Waals surface area contributed by atoms with E-state index in [1.54, 1.807) is 12.1 Å². The van der Waals surface area contributed by atoms with E-state index in [-0.39, 0.29) is 11.7 Å². The van der Waals surface area contributed by atoms with E-state index in [0.29, 0.717) is 41.7 Å². The fourth-order valence-electron chi connectivity index (χ4n) is 5.75. The van der Waals surface area contributed by atoms with E-state index in [1.807, 2.05) is 19.1 Å². The molecule has 4 heteroatoms.